The first kappa shape index (κ1) is 38.9. The highest BCUT2D eigenvalue weighted by molar-refractivity contribution is 5.23. The molecule has 3 atom stereocenters. The highest BCUT2D eigenvalue weighted by Gasteiger charge is 2.24. The first-order valence-electron chi connectivity index (χ1n) is 17.6. The second kappa shape index (κ2) is 22.7. The van der Waals surface area contributed by atoms with Crippen molar-refractivity contribution in [2.75, 3.05) is 52.9 Å². The van der Waals surface area contributed by atoms with Gasteiger partial charge in [0.05, 0.1) is 33.0 Å². The Morgan fingerprint density at radius 3 is 0.980 bits per heavy atom. The van der Waals surface area contributed by atoms with Crippen molar-refractivity contribution in [2.24, 2.45) is 11.8 Å². The first-order chi connectivity index (χ1) is 24.5. The topological polar surface area (TPSA) is 83.7 Å². The molecule has 270 valence electrons. The number of rotatable bonds is 11. The van der Waals surface area contributed by atoms with Crippen LogP contribution in [0, 0.1) is 11.8 Å². The average Bonchev–Trinajstić information content (AvgIpc) is 4.07. The predicted molar refractivity (Wildman–Crippen MR) is 196 cm³/mol. The number of benzene rings is 4. The van der Waals surface area contributed by atoms with Gasteiger partial charge in [-0.1, -0.05) is 113 Å². The van der Waals surface area contributed by atoms with Gasteiger partial charge in [-0.2, -0.15) is 0 Å². The van der Waals surface area contributed by atoms with Gasteiger partial charge in [-0.15, -0.1) is 0 Å². The third kappa shape index (κ3) is 18.2. The minimum atomic E-state index is 0.343. The van der Waals surface area contributed by atoms with Gasteiger partial charge in [0.2, 0.25) is 0 Å². The molecule has 3 unspecified atom stereocenters. The van der Waals surface area contributed by atoms with Crippen LogP contribution in [0.2, 0.25) is 0 Å². The summed E-state index contributed by atoms with van der Waals surface area (Å²) in [5, 5.41) is 0. The Kier molecular flexibility index (Phi) is 17.7. The molecule has 4 aromatic carbocycles. The molecule has 4 aliphatic heterocycles. The largest absolute Gasteiger partial charge is 0.491 e. The highest BCUT2D eigenvalue weighted by Crippen LogP contribution is 2.21. The zero-order valence-electron chi connectivity index (χ0n) is 29.9. The molecule has 4 heterocycles. The van der Waals surface area contributed by atoms with Crippen LogP contribution >= 0.6 is 0 Å². The van der Waals surface area contributed by atoms with E-state index in [1.165, 1.54) is 5.56 Å². The minimum Gasteiger partial charge on any atom is -0.491 e. The number of hydrogen-bond donors (Lipinski definition) is 0. The Labute approximate surface area is 298 Å². The molecule has 4 saturated heterocycles. The van der Waals surface area contributed by atoms with Gasteiger partial charge in [0, 0.05) is 5.92 Å². The fourth-order valence-corrected chi connectivity index (χ4v) is 3.84. The number of para-hydroxylation sites is 3. The molecule has 0 aromatic heterocycles. The van der Waals surface area contributed by atoms with Crippen molar-refractivity contribution in [1.82, 2.24) is 0 Å². The maximum atomic E-state index is 5.40. The van der Waals surface area contributed by atoms with E-state index < -0.39 is 0 Å². The Bertz CT molecular complexity index is 1240. The lowest BCUT2D eigenvalue weighted by Crippen LogP contribution is -2.03. The summed E-state index contributed by atoms with van der Waals surface area (Å²) in [6, 6.07) is 39.7. The SMILES string of the molecule is CC(C)C(C)C.c1ccc(C2COOC2)cc1.c1ccc(OCC2CO2)cc1.c1ccc(OCC2CO2)cc1.c1ccc(OCC2CO2)cc1. The Morgan fingerprint density at radius 2 is 0.720 bits per heavy atom. The molecule has 8 nitrogen and oxygen atoms in total. The molecule has 0 radical (unpaired) electrons. The van der Waals surface area contributed by atoms with E-state index in [1.54, 1.807) is 0 Å². The second-order valence-electron chi connectivity index (χ2n) is 12.9. The van der Waals surface area contributed by atoms with Crippen LogP contribution in [0.15, 0.2) is 121 Å². The summed E-state index contributed by atoms with van der Waals surface area (Å²) in [7, 11) is 0. The summed E-state index contributed by atoms with van der Waals surface area (Å²) in [5.41, 5.74) is 1.30. The van der Waals surface area contributed by atoms with Crippen molar-refractivity contribution < 1.29 is 38.2 Å². The van der Waals surface area contributed by atoms with Gasteiger partial charge in [-0.05, 0) is 53.8 Å². The summed E-state index contributed by atoms with van der Waals surface area (Å²) in [4.78, 5) is 9.62. The lowest BCUT2D eigenvalue weighted by atomic mass is 10.0. The fourth-order valence-electron chi connectivity index (χ4n) is 3.84. The molecule has 4 aliphatic rings. The molecular formula is C42H54O8. The van der Waals surface area contributed by atoms with Gasteiger partial charge >= 0.3 is 0 Å². The number of hydrogen-bond acceptors (Lipinski definition) is 8. The van der Waals surface area contributed by atoms with E-state index >= 15 is 0 Å². The van der Waals surface area contributed by atoms with Crippen molar-refractivity contribution in [3.8, 4) is 17.2 Å². The van der Waals surface area contributed by atoms with Crippen LogP contribution < -0.4 is 14.2 Å². The molecule has 0 bridgehead atoms. The summed E-state index contributed by atoms with van der Waals surface area (Å²) >= 11 is 0. The van der Waals surface area contributed by atoms with E-state index in [-0.39, 0.29) is 0 Å². The summed E-state index contributed by atoms with van der Waals surface area (Å²) < 4.78 is 31.2. The van der Waals surface area contributed by atoms with E-state index in [2.05, 4.69) is 39.8 Å². The van der Waals surface area contributed by atoms with Gasteiger partial charge in [0.25, 0.3) is 0 Å². The van der Waals surface area contributed by atoms with Gasteiger partial charge in [-0.25, -0.2) is 9.78 Å². The van der Waals surface area contributed by atoms with E-state index in [1.807, 2.05) is 109 Å². The quantitative estimate of drug-likeness (QED) is 0.115. The highest BCUT2D eigenvalue weighted by atomic mass is 17.2. The average molecular weight is 687 g/mol. The van der Waals surface area contributed by atoms with Crippen molar-refractivity contribution in [3.05, 3.63) is 127 Å². The predicted octanol–water partition coefficient (Wildman–Crippen LogP) is 8.42. The molecule has 0 aliphatic carbocycles. The van der Waals surface area contributed by atoms with Gasteiger partial charge in [-0.3, -0.25) is 0 Å². The van der Waals surface area contributed by atoms with Crippen molar-refractivity contribution in [3.63, 3.8) is 0 Å². The maximum absolute atomic E-state index is 5.40. The number of ether oxygens (including phenoxy) is 6. The molecule has 0 saturated carbocycles. The van der Waals surface area contributed by atoms with Crippen molar-refractivity contribution >= 4 is 0 Å². The van der Waals surface area contributed by atoms with Crippen LogP contribution in [0.4, 0.5) is 0 Å². The molecule has 0 spiro atoms. The van der Waals surface area contributed by atoms with Crippen LogP contribution in [0.5, 0.6) is 17.2 Å². The maximum Gasteiger partial charge on any atom is 0.119 e. The summed E-state index contributed by atoms with van der Waals surface area (Å²) in [6.45, 7) is 14.9. The Balaban J connectivity index is 0.000000143. The molecule has 0 amide bonds. The van der Waals surface area contributed by atoms with Crippen molar-refractivity contribution in [1.29, 1.82) is 0 Å². The monoisotopic (exact) mass is 686 g/mol. The zero-order valence-corrected chi connectivity index (χ0v) is 29.9. The summed E-state index contributed by atoms with van der Waals surface area (Å²) in [5.74, 6) is 4.89. The van der Waals surface area contributed by atoms with Crippen LogP contribution in [0.25, 0.3) is 0 Å². The molecule has 8 rings (SSSR count). The van der Waals surface area contributed by atoms with Crippen LogP contribution in [0.1, 0.15) is 39.2 Å². The van der Waals surface area contributed by atoms with Crippen LogP contribution in [-0.2, 0) is 24.0 Å². The second-order valence-corrected chi connectivity index (χ2v) is 12.9. The lowest BCUT2D eigenvalue weighted by molar-refractivity contribution is -0.248. The van der Waals surface area contributed by atoms with E-state index in [0.717, 1.165) is 48.9 Å². The molecule has 50 heavy (non-hydrogen) atoms. The normalized spacial score (nSPS) is 19.5. The van der Waals surface area contributed by atoms with Gasteiger partial charge in [0.1, 0.15) is 55.4 Å². The third-order valence-corrected chi connectivity index (χ3v) is 7.97. The third-order valence-electron chi connectivity index (χ3n) is 7.97. The molecule has 0 N–H and O–H groups in total. The number of epoxide rings is 3. The Hall–Kier alpha value is -3.92. The standard InChI is InChI=1S/4C9H10O2.C6H14/c3*1-2-4-8(5-3-1)10-6-9-7-11-9;1-2-4-8(5-3-1)9-6-10-11-7-9;1-5(2)6(3)4/h4*1-5,9H,6-7H2;5-6H,1-4H3. The van der Waals surface area contributed by atoms with Gasteiger partial charge in [0.15, 0.2) is 0 Å². The lowest BCUT2D eigenvalue weighted by Gasteiger charge is -2.05. The zero-order chi connectivity index (χ0) is 35.2. The first-order valence-corrected chi connectivity index (χ1v) is 17.6. The molecule has 4 aromatic rings. The van der Waals surface area contributed by atoms with Crippen molar-refractivity contribution in [2.45, 2.75) is 51.9 Å². The molecule has 4 fully saturated rings. The van der Waals surface area contributed by atoms with E-state index in [0.29, 0.717) is 57.3 Å². The van der Waals surface area contributed by atoms with Gasteiger partial charge < -0.3 is 28.4 Å². The molecular weight excluding hydrogens is 632 g/mol. The summed E-state index contributed by atoms with van der Waals surface area (Å²) in [6.07, 6.45) is 1.03. The smallest absolute Gasteiger partial charge is 0.119 e. The van der Waals surface area contributed by atoms with E-state index in [9.17, 15) is 0 Å². The fraction of sp³-hybridized carbons (Fsp3) is 0.429. The molecule has 8 heteroatoms. The Morgan fingerprint density at radius 1 is 0.440 bits per heavy atom. The van der Waals surface area contributed by atoms with Crippen LogP contribution in [0.3, 0.4) is 0 Å². The van der Waals surface area contributed by atoms with Crippen LogP contribution in [-0.4, -0.2) is 71.2 Å². The van der Waals surface area contributed by atoms with E-state index in [4.69, 9.17) is 38.2 Å². The minimum absolute atomic E-state index is 0.343.